The fraction of sp³-hybridized carbons (Fsp3) is 0.278. The normalized spacial score (nSPS) is 17.3. The van der Waals surface area contributed by atoms with Crippen LogP contribution in [0.25, 0.3) is 0 Å². The molecule has 1 atom stereocenters. The topological polar surface area (TPSA) is 88.7 Å². The van der Waals surface area contributed by atoms with Crippen molar-refractivity contribution in [2.45, 2.75) is 24.3 Å². The second kappa shape index (κ2) is 8.09. The van der Waals surface area contributed by atoms with E-state index in [0.29, 0.717) is 22.6 Å². The highest BCUT2D eigenvalue weighted by Gasteiger charge is 2.36. The van der Waals surface area contributed by atoms with Crippen LogP contribution in [0.1, 0.15) is 18.4 Å². The Hall–Kier alpha value is -2.74. The van der Waals surface area contributed by atoms with Crippen molar-refractivity contribution < 1.29 is 14.0 Å². The summed E-state index contributed by atoms with van der Waals surface area (Å²) in [6, 6.07) is 9.40. The van der Waals surface area contributed by atoms with Crippen LogP contribution in [-0.2, 0) is 17.0 Å². The number of aromatic nitrogens is 2. The van der Waals surface area contributed by atoms with Gasteiger partial charge in [-0.2, -0.15) is 0 Å². The number of hydrogen-bond acceptors (Lipinski definition) is 6. The summed E-state index contributed by atoms with van der Waals surface area (Å²) in [4.78, 5) is 29.4. The lowest BCUT2D eigenvalue weighted by atomic mass is 9.97. The van der Waals surface area contributed by atoms with Gasteiger partial charge in [-0.3, -0.25) is 9.69 Å². The number of rotatable bonds is 7. The first-order chi connectivity index (χ1) is 12.6. The molecule has 0 bridgehead atoms. The van der Waals surface area contributed by atoms with Gasteiger partial charge < -0.3 is 4.42 Å². The number of carbonyl (C=O) groups excluding carboxylic acids is 2. The maximum absolute atomic E-state index is 12.5. The van der Waals surface area contributed by atoms with Crippen molar-refractivity contribution >= 4 is 29.4 Å². The predicted octanol–water partition coefficient (Wildman–Crippen LogP) is 3.13. The van der Waals surface area contributed by atoms with E-state index in [2.05, 4.69) is 21.8 Å². The maximum atomic E-state index is 12.5. The quantitative estimate of drug-likeness (QED) is 0.549. The Bertz CT molecular complexity index is 847. The zero-order chi connectivity index (χ0) is 18.5. The van der Waals surface area contributed by atoms with Crippen molar-refractivity contribution in [1.82, 2.24) is 15.1 Å². The third-order valence-electron chi connectivity index (χ3n) is 3.92. The molecule has 2 heterocycles. The van der Waals surface area contributed by atoms with E-state index in [4.69, 9.17) is 4.42 Å². The molecule has 0 spiro atoms. The average Bonchev–Trinajstić information content (AvgIpc) is 3.09. The molecule has 1 aromatic carbocycles. The van der Waals surface area contributed by atoms with Gasteiger partial charge in [0.25, 0.3) is 5.22 Å². The molecule has 26 heavy (non-hydrogen) atoms. The number of benzene rings is 1. The highest BCUT2D eigenvalue weighted by molar-refractivity contribution is 7.98. The van der Waals surface area contributed by atoms with Crippen molar-refractivity contribution in [3.8, 4) is 0 Å². The smallest absolute Gasteiger partial charge is 0.350 e. The van der Waals surface area contributed by atoms with Gasteiger partial charge in [-0.05, 0) is 12.5 Å². The van der Waals surface area contributed by atoms with Crippen LogP contribution in [0.15, 0.2) is 57.6 Å². The monoisotopic (exact) mass is 370 g/mol. The van der Waals surface area contributed by atoms with Crippen LogP contribution in [0.5, 0.6) is 0 Å². The van der Waals surface area contributed by atoms with E-state index in [1.54, 1.807) is 6.92 Å². The number of carbonyl (C=O) groups is 2. The molecule has 0 fully saturated rings. The average molecular weight is 370 g/mol. The number of aliphatic imine (C=N–C) groups is 1. The van der Waals surface area contributed by atoms with E-state index in [0.717, 1.165) is 10.5 Å². The number of amides is 3. The molecule has 3 amide bonds. The molecule has 3 rings (SSSR count). The lowest BCUT2D eigenvalue weighted by Gasteiger charge is -2.27. The predicted molar refractivity (Wildman–Crippen MR) is 97.9 cm³/mol. The SMILES string of the molecule is C=CCN1C(=O)N=C(C)C(Cc2nnc(SCc3ccccc3)o2)C1=O. The lowest BCUT2D eigenvalue weighted by Crippen LogP contribution is -2.46. The van der Waals surface area contributed by atoms with Gasteiger partial charge in [0.1, 0.15) is 0 Å². The molecule has 1 unspecified atom stereocenters. The molecule has 8 heteroatoms. The van der Waals surface area contributed by atoms with Crippen LogP contribution in [0.2, 0.25) is 0 Å². The summed E-state index contributed by atoms with van der Waals surface area (Å²) >= 11 is 1.43. The molecule has 0 radical (unpaired) electrons. The summed E-state index contributed by atoms with van der Waals surface area (Å²) in [5.74, 6) is 0.160. The minimum Gasteiger partial charge on any atom is -0.416 e. The van der Waals surface area contributed by atoms with E-state index in [9.17, 15) is 9.59 Å². The Morgan fingerprint density at radius 2 is 2.04 bits per heavy atom. The van der Waals surface area contributed by atoms with E-state index < -0.39 is 11.9 Å². The van der Waals surface area contributed by atoms with Gasteiger partial charge in [0, 0.05) is 24.4 Å². The van der Waals surface area contributed by atoms with E-state index in [1.807, 2.05) is 30.3 Å². The number of imide groups is 1. The number of nitrogens with zero attached hydrogens (tertiary/aromatic N) is 4. The summed E-state index contributed by atoms with van der Waals surface area (Å²) in [5.41, 5.74) is 1.61. The minimum atomic E-state index is -0.583. The zero-order valence-electron chi connectivity index (χ0n) is 14.3. The lowest BCUT2D eigenvalue weighted by molar-refractivity contribution is -0.130. The first-order valence-corrected chi connectivity index (χ1v) is 9.07. The number of hydrogen-bond donors (Lipinski definition) is 0. The van der Waals surface area contributed by atoms with E-state index >= 15 is 0 Å². The minimum absolute atomic E-state index is 0.132. The van der Waals surface area contributed by atoms with Crippen LogP contribution < -0.4 is 0 Å². The molecule has 0 saturated heterocycles. The molecule has 1 aliphatic rings. The van der Waals surface area contributed by atoms with Gasteiger partial charge in [0.05, 0.1) is 5.92 Å². The van der Waals surface area contributed by atoms with Gasteiger partial charge in [-0.25, -0.2) is 9.79 Å². The molecule has 7 nitrogen and oxygen atoms in total. The van der Waals surface area contributed by atoms with Gasteiger partial charge in [-0.1, -0.05) is 48.2 Å². The molecular formula is C18H18N4O3S. The molecule has 1 aromatic heterocycles. The van der Waals surface area contributed by atoms with Crippen LogP contribution in [0, 0.1) is 5.92 Å². The third kappa shape index (κ3) is 4.08. The highest BCUT2D eigenvalue weighted by atomic mass is 32.2. The van der Waals surface area contributed by atoms with Gasteiger partial charge in [-0.15, -0.1) is 16.8 Å². The van der Waals surface area contributed by atoms with Crippen LogP contribution in [-0.4, -0.2) is 39.3 Å². The largest absolute Gasteiger partial charge is 0.416 e. The Morgan fingerprint density at radius 3 is 2.77 bits per heavy atom. The maximum Gasteiger partial charge on any atom is 0.350 e. The summed E-state index contributed by atoms with van der Waals surface area (Å²) in [5, 5.41) is 8.47. The zero-order valence-corrected chi connectivity index (χ0v) is 15.1. The van der Waals surface area contributed by atoms with Crippen LogP contribution in [0.4, 0.5) is 4.79 Å². The second-order valence-corrected chi connectivity index (χ2v) is 6.69. The summed E-state index contributed by atoms with van der Waals surface area (Å²) in [7, 11) is 0. The second-order valence-electron chi connectivity index (χ2n) is 5.77. The standard InChI is InChI=1S/C18H18N4O3S/c1-3-9-22-16(23)14(12(2)19-17(22)24)10-15-20-21-18(25-15)26-11-13-7-5-4-6-8-13/h3-8,14H,1,9-11H2,2H3. The van der Waals surface area contributed by atoms with E-state index in [1.165, 1.54) is 17.8 Å². The number of thioether (sulfide) groups is 1. The fourth-order valence-corrected chi connectivity index (χ4v) is 3.29. The molecule has 134 valence electrons. The van der Waals surface area contributed by atoms with Gasteiger partial charge >= 0.3 is 6.03 Å². The molecule has 0 aliphatic carbocycles. The Morgan fingerprint density at radius 1 is 1.27 bits per heavy atom. The third-order valence-corrected chi connectivity index (χ3v) is 4.80. The molecule has 1 aliphatic heterocycles. The van der Waals surface area contributed by atoms with Crippen molar-refractivity contribution in [3.05, 3.63) is 54.4 Å². The Balaban J connectivity index is 1.66. The van der Waals surface area contributed by atoms with Crippen molar-refractivity contribution in [3.63, 3.8) is 0 Å². The van der Waals surface area contributed by atoms with Crippen molar-refractivity contribution in [2.24, 2.45) is 10.9 Å². The molecular weight excluding hydrogens is 352 g/mol. The first kappa shape index (κ1) is 18.1. The highest BCUT2D eigenvalue weighted by Crippen LogP contribution is 2.24. The molecule has 0 saturated carbocycles. The van der Waals surface area contributed by atoms with Gasteiger partial charge in [0.15, 0.2) is 0 Å². The fourth-order valence-electron chi connectivity index (χ4n) is 2.56. The van der Waals surface area contributed by atoms with E-state index in [-0.39, 0.29) is 18.9 Å². The summed E-state index contributed by atoms with van der Waals surface area (Å²) in [6.07, 6.45) is 1.71. The van der Waals surface area contributed by atoms with Crippen LogP contribution in [0.3, 0.4) is 0 Å². The van der Waals surface area contributed by atoms with Gasteiger partial charge in [0.2, 0.25) is 11.8 Å². The number of urea groups is 1. The van der Waals surface area contributed by atoms with Crippen molar-refractivity contribution in [2.75, 3.05) is 6.54 Å². The Labute approximate surface area is 155 Å². The van der Waals surface area contributed by atoms with Crippen LogP contribution >= 0.6 is 11.8 Å². The van der Waals surface area contributed by atoms with Crippen molar-refractivity contribution in [1.29, 1.82) is 0 Å². The molecule has 2 aromatic rings. The Kier molecular flexibility index (Phi) is 5.62. The first-order valence-electron chi connectivity index (χ1n) is 8.09. The molecule has 0 N–H and O–H groups in total. The summed E-state index contributed by atoms with van der Waals surface area (Å²) < 4.78 is 5.64. The summed E-state index contributed by atoms with van der Waals surface area (Å²) in [6.45, 7) is 5.35.